The van der Waals surface area contributed by atoms with E-state index in [4.69, 9.17) is 0 Å². The van der Waals surface area contributed by atoms with Gasteiger partial charge in [0.2, 0.25) is 0 Å². The number of carbonyl (C=O) groups excluding carboxylic acids is 1. The van der Waals surface area contributed by atoms with Crippen molar-refractivity contribution in [3.63, 3.8) is 0 Å². The molecule has 0 saturated heterocycles. The Morgan fingerprint density at radius 1 is 0.905 bits per heavy atom. The van der Waals surface area contributed by atoms with Gasteiger partial charge in [-0.1, -0.05) is 18.2 Å². The van der Waals surface area contributed by atoms with Crippen LogP contribution in [-0.4, -0.2) is 5.78 Å². The number of allylic oxidation sites excluding steroid dienone is 1. The molecule has 2 rings (SSSR count). The first-order valence-electron chi connectivity index (χ1n) is 6.01. The molecule has 0 saturated carbocycles. The number of halogens is 4. The number of hydrogen-bond donors (Lipinski definition) is 0. The summed E-state index contributed by atoms with van der Waals surface area (Å²) in [4.78, 5) is 11.8. The van der Waals surface area contributed by atoms with Crippen molar-refractivity contribution in [2.75, 3.05) is 0 Å². The van der Waals surface area contributed by atoms with Crippen molar-refractivity contribution in [2.45, 2.75) is 6.18 Å². The molecule has 0 aromatic heterocycles. The molecule has 108 valence electrons. The number of hydrogen-bond acceptors (Lipinski definition) is 1. The summed E-state index contributed by atoms with van der Waals surface area (Å²) < 4.78 is 49.9. The largest absolute Gasteiger partial charge is 0.416 e. The smallest absolute Gasteiger partial charge is 0.289 e. The van der Waals surface area contributed by atoms with Crippen LogP contribution in [0.3, 0.4) is 0 Å². The lowest BCUT2D eigenvalue weighted by Gasteiger charge is -2.05. The Morgan fingerprint density at radius 3 is 2.00 bits per heavy atom. The number of rotatable bonds is 3. The van der Waals surface area contributed by atoms with Crippen molar-refractivity contribution in [1.82, 2.24) is 0 Å². The number of carbonyl (C=O) groups is 1. The maximum atomic E-state index is 12.7. The van der Waals surface area contributed by atoms with E-state index in [9.17, 15) is 22.4 Å². The monoisotopic (exact) mass is 294 g/mol. The highest BCUT2D eigenvalue weighted by Crippen LogP contribution is 2.29. The minimum Gasteiger partial charge on any atom is -0.289 e. The molecule has 0 aliphatic carbocycles. The first-order valence-corrected chi connectivity index (χ1v) is 6.01. The van der Waals surface area contributed by atoms with Crippen LogP contribution in [0.5, 0.6) is 0 Å². The summed E-state index contributed by atoms with van der Waals surface area (Å²) in [5, 5.41) is 0. The molecule has 0 spiro atoms. The van der Waals surface area contributed by atoms with E-state index in [1.54, 1.807) is 0 Å². The third kappa shape index (κ3) is 4.02. The fourth-order valence-electron chi connectivity index (χ4n) is 1.67. The lowest BCUT2D eigenvalue weighted by Crippen LogP contribution is -2.04. The standard InChI is InChI=1S/C16H10F4O/c17-14-8-4-12(5-9-14)15(21)10-3-11-1-6-13(7-2-11)16(18,19)20/h1-10H/b10-3-. The minimum atomic E-state index is -4.38. The first-order chi connectivity index (χ1) is 9.86. The normalized spacial score (nSPS) is 11.8. The molecule has 0 radical (unpaired) electrons. The van der Waals surface area contributed by atoms with Crippen molar-refractivity contribution >= 4 is 11.9 Å². The lowest BCUT2D eigenvalue weighted by molar-refractivity contribution is -0.137. The topological polar surface area (TPSA) is 17.1 Å². The summed E-state index contributed by atoms with van der Waals surface area (Å²) in [5.41, 5.74) is 0.0301. The van der Waals surface area contributed by atoms with Crippen LogP contribution < -0.4 is 0 Å². The molecule has 2 aromatic rings. The summed E-state index contributed by atoms with van der Waals surface area (Å²) >= 11 is 0. The van der Waals surface area contributed by atoms with Crippen molar-refractivity contribution < 1.29 is 22.4 Å². The molecule has 0 aliphatic heterocycles. The predicted octanol–water partition coefficient (Wildman–Crippen LogP) is 4.74. The van der Waals surface area contributed by atoms with E-state index in [1.807, 2.05) is 0 Å². The molecule has 21 heavy (non-hydrogen) atoms. The van der Waals surface area contributed by atoms with Crippen LogP contribution >= 0.6 is 0 Å². The van der Waals surface area contributed by atoms with Gasteiger partial charge in [0.1, 0.15) is 5.82 Å². The highest BCUT2D eigenvalue weighted by atomic mass is 19.4. The second kappa shape index (κ2) is 5.91. The number of benzene rings is 2. The Hall–Kier alpha value is -2.43. The lowest BCUT2D eigenvalue weighted by atomic mass is 10.1. The molecule has 5 heteroatoms. The predicted molar refractivity (Wildman–Crippen MR) is 71.2 cm³/mol. The van der Waals surface area contributed by atoms with Crippen LogP contribution in [0.4, 0.5) is 17.6 Å². The fraction of sp³-hybridized carbons (Fsp3) is 0.0625. The van der Waals surface area contributed by atoms with Gasteiger partial charge in [0.15, 0.2) is 5.78 Å². The molecule has 2 aromatic carbocycles. The summed E-state index contributed by atoms with van der Waals surface area (Å²) in [5.74, 6) is -0.798. The van der Waals surface area contributed by atoms with Gasteiger partial charge in [0, 0.05) is 5.56 Å². The molecule has 0 unspecified atom stereocenters. The van der Waals surface area contributed by atoms with Gasteiger partial charge in [-0.15, -0.1) is 0 Å². The first kappa shape index (κ1) is 15.0. The molecule has 0 heterocycles. The number of alkyl halides is 3. The van der Waals surface area contributed by atoms with Crippen LogP contribution in [0.25, 0.3) is 6.08 Å². The second-order valence-corrected chi connectivity index (χ2v) is 4.32. The van der Waals surface area contributed by atoms with Gasteiger partial charge in [0.05, 0.1) is 5.56 Å². The summed E-state index contributed by atoms with van der Waals surface area (Å²) in [6, 6.07) is 9.46. The molecular weight excluding hydrogens is 284 g/mol. The molecule has 0 bridgehead atoms. The minimum absolute atomic E-state index is 0.305. The van der Waals surface area contributed by atoms with Gasteiger partial charge in [-0.2, -0.15) is 13.2 Å². The van der Waals surface area contributed by atoms with E-state index >= 15 is 0 Å². The molecule has 0 amide bonds. The second-order valence-electron chi connectivity index (χ2n) is 4.32. The molecular formula is C16H10F4O. The van der Waals surface area contributed by atoms with E-state index in [0.29, 0.717) is 11.1 Å². The highest BCUT2D eigenvalue weighted by molar-refractivity contribution is 6.06. The van der Waals surface area contributed by atoms with Crippen molar-refractivity contribution in [3.8, 4) is 0 Å². The Bertz CT molecular complexity index is 652. The fourth-order valence-corrected chi connectivity index (χ4v) is 1.67. The van der Waals surface area contributed by atoms with Crippen LogP contribution in [0.15, 0.2) is 54.6 Å². The van der Waals surface area contributed by atoms with E-state index < -0.39 is 17.6 Å². The van der Waals surface area contributed by atoms with Crippen LogP contribution in [-0.2, 0) is 6.18 Å². The highest BCUT2D eigenvalue weighted by Gasteiger charge is 2.29. The zero-order chi connectivity index (χ0) is 15.5. The van der Waals surface area contributed by atoms with Crippen LogP contribution in [0.2, 0.25) is 0 Å². The van der Waals surface area contributed by atoms with Crippen molar-refractivity contribution in [3.05, 3.63) is 77.1 Å². The van der Waals surface area contributed by atoms with Crippen molar-refractivity contribution in [1.29, 1.82) is 0 Å². The summed E-state index contributed by atoms with van der Waals surface area (Å²) in [6.07, 6.45) is -1.74. The van der Waals surface area contributed by atoms with Crippen LogP contribution in [0.1, 0.15) is 21.5 Å². The van der Waals surface area contributed by atoms with E-state index in [1.165, 1.54) is 48.6 Å². The average Bonchev–Trinajstić information content (AvgIpc) is 2.45. The Labute approximate surface area is 118 Å². The van der Waals surface area contributed by atoms with Crippen LogP contribution in [0, 0.1) is 5.82 Å². The third-order valence-electron chi connectivity index (χ3n) is 2.79. The van der Waals surface area contributed by atoms with E-state index in [-0.39, 0.29) is 5.78 Å². The average molecular weight is 294 g/mol. The van der Waals surface area contributed by atoms with Gasteiger partial charge < -0.3 is 0 Å². The molecule has 1 nitrogen and oxygen atoms in total. The van der Waals surface area contributed by atoms with E-state index in [0.717, 1.165) is 12.1 Å². The van der Waals surface area contributed by atoms with Crippen molar-refractivity contribution in [2.24, 2.45) is 0 Å². The number of ketones is 1. The maximum absolute atomic E-state index is 12.7. The zero-order valence-corrected chi connectivity index (χ0v) is 10.7. The van der Waals surface area contributed by atoms with Gasteiger partial charge in [-0.3, -0.25) is 4.79 Å². The molecule has 0 fully saturated rings. The summed E-state index contributed by atoms with van der Waals surface area (Å²) in [7, 11) is 0. The Morgan fingerprint density at radius 2 is 1.48 bits per heavy atom. The molecule has 0 aliphatic rings. The van der Waals surface area contributed by atoms with Gasteiger partial charge in [-0.25, -0.2) is 4.39 Å². The SMILES string of the molecule is O=C(/C=C\c1ccc(C(F)(F)F)cc1)c1ccc(F)cc1. The third-order valence-corrected chi connectivity index (χ3v) is 2.79. The van der Waals surface area contributed by atoms with Gasteiger partial charge in [-0.05, 0) is 48.0 Å². The Kier molecular flexibility index (Phi) is 4.21. The molecule has 0 N–H and O–H groups in total. The summed E-state index contributed by atoms with van der Waals surface area (Å²) in [6.45, 7) is 0. The van der Waals surface area contributed by atoms with Gasteiger partial charge in [0.25, 0.3) is 0 Å². The van der Waals surface area contributed by atoms with E-state index in [2.05, 4.69) is 0 Å². The molecule has 0 atom stereocenters. The quantitative estimate of drug-likeness (QED) is 0.454. The van der Waals surface area contributed by atoms with Gasteiger partial charge >= 0.3 is 6.18 Å². The Balaban J connectivity index is 2.10. The maximum Gasteiger partial charge on any atom is 0.416 e. The zero-order valence-electron chi connectivity index (χ0n) is 10.7.